The van der Waals surface area contributed by atoms with Gasteiger partial charge in [0.1, 0.15) is 16.9 Å². The molecule has 1 atom stereocenters. The highest BCUT2D eigenvalue weighted by Crippen LogP contribution is 2.33. The number of ether oxygens (including phenoxy) is 1. The Morgan fingerprint density at radius 1 is 1.27 bits per heavy atom. The first kappa shape index (κ1) is 13.8. The van der Waals surface area contributed by atoms with Crippen molar-refractivity contribution in [1.29, 1.82) is 0 Å². The number of rotatable bonds is 3. The first-order chi connectivity index (χ1) is 10.8. The largest absolute Gasteiger partial charge is 0.487 e. The number of halogens is 1. The van der Waals surface area contributed by atoms with Crippen LogP contribution in [0.4, 0.5) is 5.69 Å². The summed E-state index contributed by atoms with van der Waals surface area (Å²) < 4.78 is 7.27. The summed E-state index contributed by atoms with van der Waals surface area (Å²) >= 11 is 7.85. The molecule has 3 aromatic heterocycles. The lowest BCUT2D eigenvalue weighted by atomic mass is 10.3. The summed E-state index contributed by atoms with van der Waals surface area (Å²) in [5.41, 5.74) is 2.30. The van der Waals surface area contributed by atoms with E-state index in [-0.39, 0.29) is 6.10 Å². The fourth-order valence-corrected chi connectivity index (χ4v) is 3.85. The summed E-state index contributed by atoms with van der Waals surface area (Å²) in [7, 11) is 0. The van der Waals surface area contributed by atoms with Crippen LogP contribution in [-0.4, -0.2) is 29.2 Å². The van der Waals surface area contributed by atoms with E-state index >= 15 is 0 Å². The molecule has 112 valence electrons. The van der Waals surface area contributed by atoms with Gasteiger partial charge in [0.15, 0.2) is 0 Å². The van der Waals surface area contributed by atoms with Crippen LogP contribution < -0.4 is 9.64 Å². The maximum absolute atomic E-state index is 6.11. The van der Waals surface area contributed by atoms with Crippen molar-refractivity contribution >= 4 is 38.8 Å². The van der Waals surface area contributed by atoms with Crippen molar-refractivity contribution in [3.05, 3.63) is 47.2 Å². The van der Waals surface area contributed by atoms with E-state index in [2.05, 4.69) is 32.4 Å². The molecular formula is C16H14ClN3OS. The van der Waals surface area contributed by atoms with E-state index in [1.165, 1.54) is 10.4 Å². The summed E-state index contributed by atoms with van der Waals surface area (Å²) in [6.07, 6.45) is 6.31. The Morgan fingerprint density at radius 2 is 2.23 bits per heavy atom. The number of aromatic nitrogens is 2. The standard InChI is InChI=1S/C16H14ClN3OS/c17-12-9-18-5-2-15(12)21-11-3-7-20(10-11)14-1-6-19-13-4-8-22-16(13)14/h1-2,4-6,8-9,11H,3,7,10H2. The molecular weight excluding hydrogens is 318 g/mol. The van der Waals surface area contributed by atoms with Crippen LogP contribution in [0.15, 0.2) is 42.2 Å². The number of anilines is 1. The summed E-state index contributed by atoms with van der Waals surface area (Å²) in [5, 5.41) is 2.65. The van der Waals surface area contributed by atoms with Crippen LogP contribution in [0.5, 0.6) is 5.75 Å². The second kappa shape index (κ2) is 5.74. The van der Waals surface area contributed by atoms with E-state index in [0.717, 1.165) is 25.0 Å². The molecule has 4 rings (SSSR count). The summed E-state index contributed by atoms with van der Waals surface area (Å²) in [6, 6.07) is 5.96. The van der Waals surface area contributed by atoms with Gasteiger partial charge in [-0.2, -0.15) is 0 Å². The Kier molecular flexibility index (Phi) is 3.60. The zero-order valence-electron chi connectivity index (χ0n) is 11.8. The molecule has 1 unspecified atom stereocenters. The second-order valence-electron chi connectivity index (χ2n) is 5.25. The zero-order chi connectivity index (χ0) is 14.9. The molecule has 4 heterocycles. The average Bonchev–Trinajstić information content (AvgIpc) is 3.18. The fraction of sp³-hybridized carbons (Fsp3) is 0.250. The smallest absolute Gasteiger partial charge is 0.141 e. The first-order valence-corrected chi connectivity index (χ1v) is 8.40. The number of nitrogens with zero attached hydrogens (tertiary/aromatic N) is 3. The minimum Gasteiger partial charge on any atom is -0.487 e. The average molecular weight is 332 g/mol. The third kappa shape index (κ3) is 2.51. The normalized spacial score (nSPS) is 18.0. The molecule has 3 aromatic rings. The molecule has 1 saturated heterocycles. The molecule has 0 amide bonds. The second-order valence-corrected chi connectivity index (χ2v) is 6.57. The van der Waals surface area contributed by atoms with Gasteiger partial charge >= 0.3 is 0 Å². The molecule has 0 saturated carbocycles. The fourth-order valence-electron chi connectivity index (χ4n) is 2.79. The molecule has 4 nitrogen and oxygen atoms in total. The Morgan fingerprint density at radius 3 is 3.14 bits per heavy atom. The Labute approximate surface area is 137 Å². The Hall–Kier alpha value is -1.85. The van der Waals surface area contributed by atoms with Crippen LogP contribution in [0.1, 0.15) is 6.42 Å². The van der Waals surface area contributed by atoms with Crippen molar-refractivity contribution in [2.75, 3.05) is 18.0 Å². The van der Waals surface area contributed by atoms with E-state index in [0.29, 0.717) is 10.8 Å². The summed E-state index contributed by atoms with van der Waals surface area (Å²) in [4.78, 5) is 10.7. The van der Waals surface area contributed by atoms with E-state index in [4.69, 9.17) is 16.3 Å². The van der Waals surface area contributed by atoms with Crippen molar-refractivity contribution in [1.82, 2.24) is 9.97 Å². The van der Waals surface area contributed by atoms with Crippen LogP contribution in [-0.2, 0) is 0 Å². The first-order valence-electron chi connectivity index (χ1n) is 7.14. The van der Waals surface area contributed by atoms with Crippen molar-refractivity contribution in [2.45, 2.75) is 12.5 Å². The maximum atomic E-state index is 6.11. The number of fused-ring (bicyclic) bond motifs is 1. The number of thiophene rings is 1. The Bertz CT molecular complexity index is 807. The summed E-state index contributed by atoms with van der Waals surface area (Å²) in [5.74, 6) is 0.708. The van der Waals surface area contributed by atoms with Crippen LogP contribution in [0.3, 0.4) is 0 Å². The van der Waals surface area contributed by atoms with Crippen molar-refractivity contribution < 1.29 is 4.74 Å². The zero-order valence-corrected chi connectivity index (χ0v) is 13.3. The predicted molar refractivity (Wildman–Crippen MR) is 90.1 cm³/mol. The van der Waals surface area contributed by atoms with Gasteiger partial charge in [-0.1, -0.05) is 11.6 Å². The van der Waals surface area contributed by atoms with Crippen molar-refractivity contribution in [3.8, 4) is 5.75 Å². The van der Waals surface area contributed by atoms with Crippen molar-refractivity contribution in [2.24, 2.45) is 0 Å². The van der Waals surface area contributed by atoms with E-state index in [1.807, 2.05) is 12.3 Å². The van der Waals surface area contributed by atoms with Crippen LogP contribution in [0.2, 0.25) is 5.02 Å². The Balaban J connectivity index is 1.53. The van der Waals surface area contributed by atoms with Gasteiger partial charge in [-0.25, -0.2) is 0 Å². The van der Waals surface area contributed by atoms with Gasteiger partial charge < -0.3 is 9.64 Å². The molecule has 1 aliphatic rings. The third-order valence-corrected chi connectivity index (χ3v) is 5.05. The highest BCUT2D eigenvalue weighted by molar-refractivity contribution is 7.17. The lowest BCUT2D eigenvalue weighted by molar-refractivity contribution is 0.225. The van der Waals surface area contributed by atoms with Gasteiger partial charge in [0, 0.05) is 37.6 Å². The molecule has 0 N–H and O–H groups in total. The molecule has 22 heavy (non-hydrogen) atoms. The molecule has 0 bridgehead atoms. The SMILES string of the molecule is Clc1cnccc1OC1CCN(c2ccnc3ccsc23)C1. The number of hydrogen-bond acceptors (Lipinski definition) is 5. The monoisotopic (exact) mass is 331 g/mol. The number of pyridine rings is 2. The topological polar surface area (TPSA) is 38.2 Å². The van der Waals surface area contributed by atoms with Gasteiger partial charge in [0.2, 0.25) is 0 Å². The molecule has 1 fully saturated rings. The van der Waals surface area contributed by atoms with Crippen molar-refractivity contribution in [3.63, 3.8) is 0 Å². The number of hydrogen-bond donors (Lipinski definition) is 0. The highest BCUT2D eigenvalue weighted by atomic mass is 35.5. The molecule has 0 aliphatic carbocycles. The maximum Gasteiger partial charge on any atom is 0.141 e. The molecule has 1 aliphatic heterocycles. The molecule has 0 spiro atoms. The minimum atomic E-state index is 0.142. The van der Waals surface area contributed by atoms with Crippen LogP contribution in [0, 0.1) is 0 Å². The van der Waals surface area contributed by atoms with Gasteiger partial charge in [-0.3, -0.25) is 9.97 Å². The van der Waals surface area contributed by atoms with Crippen LogP contribution in [0.25, 0.3) is 10.2 Å². The van der Waals surface area contributed by atoms with Gasteiger partial charge in [-0.15, -0.1) is 11.3 Å². The predicted octanol–water partition coefficient (Wildman–Crippen LogP) is 4.00. The molecule has 0 aromatic carbocycles. The molecule has 0 radical (unpaired) electrons. The molecule has 6 heteroatoms. The van der Waals surface area contributed by atoms with Gasteiger partial charge in [-0.05, 0) is 17.5 Å². The van der Waals surface area contributed by atoms with E-state index < -0.39 is 0 Å². The van der Waals surface area contributed by atoms with Crippen LogP contribution >= 0.6 is 22.9 Å². The summed E-state index contributed by atoms with van der Waals surface area (Å²) in [6.45, 7) is 1.83. The van der Waals surface area contributed by atoms with E-state index in [1.54, 1.807) is 23.7 Å². The third-order valence-electron chi connectivity index (χ3n) is 3.84. The minimum absolute atomic E-state index is 0.142. The lowest BCUT2D eigenvalue weighted by Crippen LogP contribution is -2.24. The van der Waals surface area contributed by atoms with Gasteiger partial charge in [0.05, 0.1) is 22.4 Å². The van der Waals surface area contributed by atoms with E-state index in [9.17, 15) is 0 Å². The lowest BCUT2D eigenvalue weighted by Gasteiger charge is -2.19. The van der Waals surface area contributed by atoms with Gasteiger partial charge in [0.25, 0.3) is 0 Å². The highest BCUT2D eigenvalue weighted by Gasteiger charge is 2.26. The quantitative estimate of drug-likeness (QED) is 0.727.